The molecule has 2 aromatic carbocycles. The van der Waals surface area contributed by atoms with Crippen molar-refractivity contribution in [1.82, 2.24) is 0 Å². The van der Waals surface area contributed by atoms with Gasteiger partial charge >= 0.3 is 5.97 Å². The van der Waals surface area contributed by atoms with Crippen molar-refractivity contribution >= 4 is 16.9 Å². The van der Waals surface area contributed by atoms with E-state index < -0.39 is 52.5 Å². The van der Waals surface area contributed by atoms with Crippen molar-refractivity contribution in [3.8, 4) is 45.8 Å². The van der Waals surface area contributed by atoms with Crippen LogP contribution in [0.2, 0.25) is 0 Å². The maximum Gasteiger partial charge on any atom is 0.344 e. The number of rotatable bonds is 5. The van der Waals surface area contributed by atoms with Gasteiger partial charge in [-0.3, -0.25) is 4.79 Å². The number of fused-ring (bicyclic) bond motifs is 1. The molecule has 0 atom stereocenters. The van der Waals surface area contributed by atoms with Gasteiger partial charge in [0.25, 0.3) is 0 Å². The molecule has 1 aromatic heterocycles. The number of benzene rings is 2. The first kappa shape index (κ1) is 19.7. The zero-order valence-corrected chi connectivity index (χ0v) is 15.0. The molecule has 0 amide bonds. The van der Waals surface area contributed by atoms with Crippen molar-refractivity contribution in [2.45, 2.75) is 6.92 Å². The van der Waals surface area contributed by atoms with Crippen LogP contribution < -0.4 is 10.2 Å². The van der Waals surface area contributed by atoms with E-state index >= 15 is 0 Å². The van der Waals surface area contributed by atoms with Crippen LogP contribution >= 0.6 is 0 Å². The van der Waals surface area contributed by atoms with E-state index in [4.69, 9.17) is 13.9 Å². The Morgan fingerprint density at radius 3 is 2.24 bits per heavy atom. The summed E-state index contributed by atoms with van der Waals surface area (Å²) >= 11 is 0. The first-order valence-corrected chi connectivity index (χ1v) is 8.29. The van der Waals surface area contributed by atoms with Crippen LogP contribution in [0.25, 0.3) is 22.3 Å². The van der Waals surface area contributed by atoms with Crippen LogP contribution in [0, 0.1) is 0 Å². The van der Waals surface area contributed by atoms with Crippen LogP contribution in [0.1, 0.15) is 6.92 Å². The van der Waals surface area contributed by atoms with Gasteiger partial charge in [0, 0.05) is 17.7 Å². The quantitative estimate of drug-likeness (QED) is 0.313. The van der Waals surface area contributed by atoms with Gasteiger partial charge in [0.05, 0.1) is 6.61 Å². The van der Waals surface area contributed by atoms with Gasteiger partial charge in [-0.2, -0.15) is 0 Å². The summed E-state index contributed by atoms with van der Waals surface area (Å²) in [5, 5.41) is 48.7. The number of aromatic hydroxyl groups is 5. The summed E-state index contributed by atoms with van der Waals surface area (Å²) < 4.78 is 15.4. The molecule has 0 aliphatic heterocycles. The van der Waals surface area contributed by atoms with E-state index in [9.17, 15) is 35.1 Å². The monoisotopic (exact) mass is 404 g/mol. The number of hydrogen-bond acceptors (Lipinski definition) is 10. The SMILES string of the molecule is CCOC(=O)COc1cc(O)c2c(=O)c(O)c(-c3cc(O)c(O)c(O)c3)oc2c1. The summed E-state index contributed by atoms with van der Waals surface area (Å²) in [6.07, 6.45) is 0. The third-order valence-electron chi connectivity index (χ3n) is 3.92. The molecule has 1 heterocycles. The fourth-order valence-electron chi connectivity index (χ4n) is 2.62. The Morgan fingerprint density at radius 2 is 1.62 bits per heavy atom. The highest BCUT2D eigenvalue weighted by Crippen LogP contribution is 2.42. The van der Waals surface area contributed by atoms with Crippen molar-refractivity contribution in [1.29, 1.82) is 0 Å². The van der Waals surface area contributed by atoms with Gasteiger partial charge in [-0.25, -0.2) is 4.79 Å². The van der Waals surface area contributed by atoms with Crippen LogP contribution in [0.5, 0.6) is 34.5 Å². The molecule has 0 aliphatic rings. The molecule has 0 fully saturated rings. The van der Waals surface area contributed by atoms with Crippen LogP contribution in [0.4, 0.5) is 0 Å². The molecule has 0 unspecified atom stereocenters. The fourth-order valence-corrected chi connectivity index (χ4v) is 2.62. The molecule has 3 aromatic rings. The molecule has 0 spiro atoms. The Balaban J connectivity index is 2.13. The van der Waals surface area contributed by atoms with Crippen molar-refractivity contribution in [2.24, 2.45) is 0 Å². The second-order valence-corrected chi connectivity index (χ2v) is 5.88. The summed E-state index contributed by atoms with van der Waals surface area (Å²) in [5.74, 6) is -4.76. The number of ether oxygens (including phenoxy) is 2. The third kappa shape index (κ3) is 3.68. The average Bonchev–Trinajstić information content (AvgIpc) is 2.66. The van der Waals surface area contributed by atoms with Crippen LogP contribution in [0.3, 0.4) is 0 Å². The Kier molecular flexibility index (Phi) is 5.09. The zero-order chi connectivity index (χ0) is 21.3. The highest BCUT2D eigenvalue weighted by molar-refractivity contribution is 5.88. The fraction of sp³-hybridized carbons (Fsp3) is 0.158. The maximum atomic E-state index is 12.5. The lowest BCUT2D eigenvalue weighted by Crippen LogP contribution is -2.14. The van der Waals surface area contributed by atoms with Gasteiger partial charge in [-0.05, 0) is 19.1 Å². The van der Waals surface area contributed by atoms with Crippen LogP contribution in [0.15, 0.2) is 33.5 Å². The summed E-state index contributed by atoms with van der Waals surface area (Å²) in [4.78, 5) is 23.9. The minimum atomic E-state index is -0.984. The molecule has 0 aliphatic carbocycles. The highest BCUT2D eigenvalue weighted by atomic mass is 16.6. The summed E-state index contributed by atoms with van der Waals surface area (Å²) in [6, 6.07) is 4.19. The lowest BCUT2D eigenvalue weighted by Gasteiger charge is -2.11. The van der Waals surface area contributed by atoms with Gasteiger partial charge in [-0.1, -0.05) is 0 Å². The zero-order valence-electron chi connectivity index (χ0n) is 15.0. The van der Waals surface area contributed by atoms with Gasteiger partial charge in [-0.15, -0.1) is 0 Å². The van der Waals surface area contributed by atoms with E-state index in [1.165, 1.54) is 6.07 Å². The predicted octanol–water partition coefficient (Wildman–Crippen LogP) is 1.93. The molecule has 29 heavy (non-hydrogen) atoms. The lowest BCUT2D eigenvalue weighted by molar-refractivity contribution is -0.145. The molecule has 10 nitrogen and oxygen atoms in total. The van der Waals surface area contributed by atoms with E-state index in [1.54, 1.807) is 6.92 Å². The Hall–Kier alpha value is -4.08. The number of carbonyl (C=O) groups excluding carboxylic acids is 1. The first-order chi connectivity index (χ1) is 13.7. The molecule has 0 bridgehead atoms. The van der Waals surface area contributed by atoms with Gasteiger partial charge in [0.2, 0.25) is 11.2 Å². The topological polar surface area (TPSA) is 167 Å². The molecule has 0 radical (unpaired) electrons. The lowest BCUT2D eigenvalue weighted by atomic mass is 10.1. The Labute approximate surface area is 162 Å². The maximum absolute atomic E-state index is 12.5. The molecule has 10 heteroatoms. The molecule has 0 saturated carbocycles. The van der Waals surface area contributed by atoms with Gasteiger partial charge in [0.15, 0.2) is 29.6 Å². The van der Waals surface area contributed by atoms with E-state index in [-0.39, 0.29) is 28.9 Å². The highest BCUT2D eigenvalue weighted by Gasteiger charge is 2.21. The molecule has 5 N–H and O–H groups in total. The average molecular weight is 404 g/mol. The van der Waals surface area contributed by atoms with E-state index in [2.05, 4.69) is 0 Å². The number of carbonyl (C=O) groups is 1. The smallest absolute Gasteiger partial charge is 0.344 e. The largest absolute Gasteiger partial charge is 0.507 e. The Bertz CT molecular complexity index is 1140. The van der Waals surface area contributed by atoms with Crippen molar-refractivity contribution in [3.63, 3.8) is 0 Å². The molecular formula is C19H16O10. The minimum absolute atomic E-state index is 0.0146. The van der Waals surface area contributed by atoms with Crippen LogP contribution in [-0.4, -0.2) is 44.7 Å². The predicted molar refractivity (Wildman–Crippen MR) is 98.4 cm³/mol. The molecule has 152 valence electrons. The van der Waals surface area contributed by atoms with Gasteiger partial charge < -0.3 is 39.4 Å². The number of esters is 1. The summed E-state index contributed by atoms with van der Waals surface area (Å²) in [6.45, 7) is 1.34. The third-order valence-corrected chi connectivity index (χ3v) is 3.92. The van der Waals surface area contributed by atoms with Crippen molar-refractivity contribution in [3.05, 3.63) is 34.5 Å². The molecule has 0 saturated heterocycles. The van der Waals surface area contributed by atoms with Crippen LogP contribution in [-0.2, 0) is 9.53 Å². The van der Waals surface area contributed by atoms with Crippen molar-refractivity contribution in [2.75, 3.05) is 13.2 Å². The summed E-state index contributed by atoms with van der Waals surface area (Å²) in [5.41, 5.74) is -1.30. The summed E-state index contributed by atoms with van der Waals surface area (Å²) in [7, 11) is 0. The number of hydrogen-bond donors (Lipinski definition) is 5. The Morgan fingerprint density at radius 1 is 0.966 bits per heavy atom. The molecule has 3 rings (SSSR count). The van der Waals surface area contributed by atoms with E-state index in [1.807, 2.05) is 0 Å². The van der Waals surface area contributed by atoms with E-state index in [0.717, 1.165) is 18.2 Å². The number of phenolic OH excluding ortho intramolecular Hbond substituents is 4. The standard InChI is InChI=1S/C19H16O10/c1-2-27-14(23)7-28-9-5-10(20)15-13(6-9)29-19(18(26)17(15)25)8-3-11(21)16(24)12(22)4-8/h3-6,20-22,24,26H,2,7H2,1H3. The number of phenols is 4. The minimum Gasteiger partial charge on any atom is -0.507 e. The van der Waals surface area contributed by atoms with Gasteiger partial charge in [0.1, 0.15) is 22.5 Å². The first-order valence-electron chi connectivity index (χ1n) is 8.29. The second kappa shape index (κ2) is 7.50. The van der Waals surface area contributed by atoms with Crippen molar-refractivity contribution < 1.29 is 44.2 Å². The molecular weight excluding hydrogens is 388 g/mol. The normalized spacial score (nSPS) is 10.8. The van der Waals surface area contributed by atoms with E-state index in [0.29, 0.717) is 0 Å². The second-order valence-electron chi connectivity index (χ2n) is 5.88.